The average molecular weight is 398 g/mol. The van der Waals surface area contributed by atoms with Crippen LogP contribution in [0.5, 0.6) is 5.75 Å². The van der Waals surface area contributed by atoms with Crippen molar-refractivity contribution in [2.75, 3.05) is 6.61 Å². The molecule has 0 N–H and O–H groups in total. The molecule has 0 fully saturated rings. The second-order valence-corrected chi connectivity index (χ2v) is 9.65. The Kier molecular flexibility index (Phi) is 3.80. The highest BCUT2D eigenvalue weighted by Crippen LogP contribution is 2.49. The van der Waals surface area contributed by atoms with Crippen molar-refractivity contribution in [2.24, 2.45) is 0 Å². The van der Waals surface area contributed by atoms with Crippen LogP contribution in [0.2, 0.25) is 0 Å². The van der Waals surface area contributed by atoms with Gasteiger partial charge in [0.2, 0.25) is 0 Å². The van der Waals surface area contributed by atoms with Crippen molar-refractivity contribution >= 4 is 21.9 Å². The summed E-state index contributed by atoms with van der Waals surface area (Å²) in [5, 5.41) is 2.43. The van der Waals surface area contributed by atoms with Crippen molar-refractivity contribution in [2.45, 2.75) is 57.8 Å². The lowest BCUT2D eigenvalue weighted by Gasteiger charge is -2.33. The molecule has 0 bridgehead atoms. The van der Waals surface area contributed by atoms with E-state index in [4.69, 9.17) is 14.1 Å². The Bertz CT molecular complexity index is 1280. The highest BCUT2D eigenvalue weighted by Gasteiger charge is 2.34. The van der Waals surface area contributed by atoms with Gasteiger partial charge in [-0.1, -0.05) is 63.2 Å². The Morgan fingerprint density at radius 3 is 2.77 bits per heavy atom. The lowest BCUT2D eigenvalue weighted by Crippen LogP contribution is -2.23. The van der Waals surface area contributed by atoms with Crippen molar-refractivity contribution in [1.82, 2.24) is 4.98 Å². The molecule has 3 heteroatoms. The van der Waals surface area contributed by atoms with E-state index in [1.807, 2.05) is 6.07 Å². The summed E-state index contributed by atoms with van der Waals surface area (Å²) in [5.74, 6) is 2.14. The summed E-state index contributed by atoms with van der Waals surface area (Å²) >= 11 is 0. The molecule has 30 heavy (non-hydrogen) atoms. The molecule has 0 saturated heterocycles. The van der Waals surface area contributed by atoms with Crippen molar-refractivity contribution in [3.8, 4) is 5.75 Å². The molecule has 1 aliphatic carbocycles. The summed E-state index contributed by atoms with van der Waals surface area (Å²) in [6.45, 7) is 7.67. The zero-order valence-electron chi connectivity index (χ0n) is 17.9. The minimum atomic E-state index is 0.189. The average Bonchev–Trinajstić information content (AvgIpc) is 3.31. The first-order chi connectivity index (χ1) is 14.5. The summed E-state index contributed by atoms with van der Waals surface area (Å²) in [6, 6.07) is 15.0. The van der Waals surface area contributed by atoms with Gasteiger partial charge in [-0.05, 0) is 41.4 Å². The van der Waals surface area contributed by atoms with Crippen LogP contribution in [0.4, 0.5) is 0 Å². The van der Waals surface area contributed by atoms with Gasteiger partial charge < -0.3 is 9.15 Å². The Morgan fingerprint density at radius 1 is 1.10 bits per heavy atom. The lowest BCUT2D eigenvalue weighted by atomic mass is 9.71. The van der Waals surface area contributed by atoms with Gasteiger partial charge in [-0.15, -0.1) is 0 Å². The number of nitrogens with zero attached hydrogens (tertiary/aromatic N) is 1. The fraction of sp³-hybridized carbons (Fsp3) is 0.370. The first kappa shape index (κ1) is 18.0. The van der Waals surface area contributed by atoms with Crippen LogP contribution >= 0.6 is 0 Å². The van der Waals surface area contributed by atoms with E-state index in [-0.39, 0.29) is 5.41 Å². The quantitative estimate of drug-likeness (QED) is 0.378. The number of aryl methyl sites for hydroxylation is 1. The lowest BCUT2D eigenvalue weighted by molar-refractivity contribution is 0.340. The van der Waals surface area contributed by atoms with Crippen LogP contribution in [0.1, 0.15) is 67.7 Å². The second kappa shape index (κ2) is 6.34. The maximum Gasteiger partial charge on any atom is 0.199 e. The third-order valence-corrected chi connectivity index (χ3v) is 7.08. The molecule has 0 radical (unpaired) electrons. The van der Waals surface area contributed by atoms with Gasteiger partial charge in [0.15, 0.2) is 11.5 Å². The van der Waals surface area contributed by atoms with Crippen molar-refractivity contribution in [1.29, 1.82) is 0 Å². The molecule has 152 valence electrons. The zero-order valence-corrected chi connectivity index (χ0v) is 17.9. The first-order valence-electron chi connectivity index (χ1n) is 11.1. The molecule has 1 aliphatic heterocycles. The van der Waals surface area contributed by atoms with E-state index in [0.717, 1.165) is 29.2 Å². The summed E-state index contributed by atoms with van der Waals surface area (Å²) in [4.78, 5) is 5.02. The topological polar surface area (TPSA) is 35.3 Å². The highest BCUT2D eigenvalue weighted by atomic mass is 16.5. The summed E-state index contributed by atoms with van der Waals surface area (Å²) in [7, 11) is 0. The minimum Gasteiger partial charge on any atom is -0.492 e. The SMILES string of the molecule is CC1COc2c1c1nc(Cc3ccccc3)oc1c1c3c(ccc21)C(C)(C)CCC3. The molecule has 3 nitrogen and oxygen atoms in total. The third kappa shape index (κ3) is 2.54. The number of fused-ring (bicyclic) bond motifs is 8. The largest absolute Gasteiger partial charge is 0.492 e. The molecular formula is C27H27NO2. The van der Waals surface area contributed by atoms with Crippen LogP contribution in [0.25, 0.3) is 21.9 Å². The van der Waals surface area contributed by atoms with Crippen LogP contribution in [0, 0.1) is 0 Å². The zero-order chi connectivity index (χ0) is 20.5. The van der Waals surface area contributed by atoms with Gasteiger partial charge in [-0.2, -0.15) is 0 Å². The normalized spacial score (nSPS) is 19.6. The number of hydrogen-bond donors (Lipinski definition) is 0. The molecule has 6 rings (SSSR count). The fourth-order valence-corrected chi connectivity index (χ4v) is 5.55. The molecule has 1 aromatic heterocycles. The number of oxazole rings is 1. The van der Waals surface area contributed by atoms with E-state index >= 15 is 0 Å². The summed E-state index contributed by atoms with van der Waals surface area (Å²) in [5.41, 5.74) is 7.48. The van der Waals surface area contributed by atoms with Gasteiger partial charge in [0.05, 0.1) is 6.61 Å². The number of benzene rings is 3. The van der Waals surface area contributed by atoms with E-state index in [1.54, 1.807) is 0 Å². The Labute approximate surface area is 177 Å². The van der Waals surface area contributed by atoms with Crippen molar-refractivity contribution in [3.05, 3.63) is 70.6 Å². The van der Waals surface area contributed by atoms with Crippen LogP contribution in [-0.2, 0) is 18.3 Å². The van der Waals surface area contributed by atoms with Crippen molar-refractivity contribution < 1.29 is 9.15 Å². The Morgan fingerprint density at radius 2 is 1.93 bits per heavy atom. The molecule has 0 spiro atoms. The number of rotatable bonds is 2. The molecule has 2 heterocycles. The number of hydrogen-bond acceptors (Lipinski definition) is 3. The maximum atomic E-state index is 6.53. The van der Waals surface area contributed by atoms with Gasteiger partial charge in [0.25, 0.3) is 0 Å². The Balaban J connectivity index is 1.67. The smallest absolute Gasteiger partial charge is 0.199 e. The van der Waals surface area contributed by atoms with E-state index < -0.39 is 0 Å². The summed E-state index contributed by atoms with van der Waals surface area (Å²) in [6.07, 6.45) is 4.23. The highest BCUT2D eigenvalue weighted by molar-refractivity contribution is 6.11. The van der Waals surface area contributed by atoms with Gasteiger partial charge in [0.1, 0.15) is 11.3 Å². The first-order valence-corrected chi connectivity index (χ1v) is 11.1. The van der Waals surface area contributed by atoms with E-state index in [9.17, 15) is 0 Å². The molecule has 0 amide bonds. The standard InChI is InChI=1S/C27H27NO2/c1-16-15-29-25-19-11-12-20-18(10-7-13-27(20,2)3)23(19)26-24(22(16)25)28-21(30-26)14-17-8-5-4-6-9-17/h4-6,8-9,11-12,16H,7,10,13-15H2,1-3H3. The van der Waals surface area contributed by atoms with Gasteiger partial charge in [-0.3, -0.25) is 0 Å². The number of ether oxygens (including phenoxy) is 1. The van der Waals surface area contributed by atoms with Crippen LogP contribution in [0.15, 0.2) is 46.9 Å². The number of aromatic nitrogens is 1. The molecule has 4 aromatic rings. The van der Waals surface area contributed by atoms with Crippen LogP contribution in [0.3, 0.4) is 0 Å². The molecular weight excluding hydrogens is 370 g/mol. The van der Waals surface area contributed by atoms with E-state index in [1.165, 1.54) is 45.9 Å². The van der Waals surface area contributed by atoms with E-state index in [0.29, 0.717) is 18.9 Å². The monoisotopic (exact) mass is 397 g/mol. The maximum absolute atomic E-state index is 6.53. The van der Waals surface area contributed by atoms with Crippen LogP contribution < -0.4 is 4.74 Å². The predicted octanol–water partition coefficient (Wildman–Crippen LogP) is 6.68. The third-order valence-electron chi connectivity index (χ3n) is 7.08. The van der Waals surface area contributed by atoms with Crippen molar-refractivity contribution in [3.63, 3.8) is 0 Å². The molecule has 2 aliphatic rings. The fourth-order valence-electron chi connectivity index (χ4n) is 5.55. The van der Waals surface area contributed by atoms with E-state index in [2.05, 4.69) is 57.2 Å². The van der Waals surface area contributed by atoms with Crippen LogP contribution in [-0.4, -0.2) is 11.6 Å². The molecule has 1 atom stereocenters. The predicted molar refractivity (Wildman–Crippen MR) is 121 cm³/mol. The molecule has 0 saturated carbocycles. The molecule has 1 unspecified atom stereocenters. The van der Waals surface area contributed by atoms with Gasteiger partial charge in [-0.25, -0.2) is 4.98 Å². The second-order valence-electron chi connectivity index (χ2n) is 9.65. The van der Waals surface area contributed by atoms with Gasteiger partial charge in [0, 0.05) is 28.7 Å². The van der Waals surface area contributed by atoms with Gasteiger partial charge >= 0.3 is 0 Å². The molecule has 3 aromatic carbocycles. The Hall–Kier alpha value is -2.81. The minimum absolute atomic E-state index is 0.189. The summed E-state index contributed by atoms with van der Waals surface area (Å²) < 4.78 is 12.7.